The predicted octanol–water partition coefficient (Wildman–Crippen LogP) is 5.32. The summed E-state index contributed by atoms with van der Waals surface area (Å²) in [6.45, 7) is 1.21. The van der Waals surface area contributed by atoms with Gasteiger partial charge in [-0.1, -0.05) is 22.0 Å². The highest BCUT2D eigenvalue weighted by Gasteiger charge is 2.36. The lowest BCUT2D eigenvalue weighted by molar-refractivity contribution is -0.137. The van der Waals surface area contributed by atoms with Gasteiger partial charge in [-0.15, -0.1) is 0 Å². The maximum atomic E-state index is 13.5. The molecule has 0 spiro atoms. The number of nitrogens with zero attached hydrogens (tertiary/aromatic N) is 1. The fourth-order valence-corrected chi connectivity index (χ4v) is 3.31. The second-order valence-electron chi connectivity index (χ2n) is 5.89. The standard InChI is InChI=1S/C18H16BrF3N2O/c19-13-4-3-5-14(11-13)23-17(25)12-6-7-16(24-8-1-2-9-24)15(10-12)18(20,21)22/h3-7,10-11H,1-2,8-9H2,(H,23,25). The highest BCUT2D eigenvalue weighted by Crippen LogP contribution is 2.38. The molecule has 1 amide bonds. The summed E-state index contributed by atoms with van der Waals surface area (Å²) in [5.41, 5.74) is -0.132. The molecule has 0 aromatic heterocycles. The Morgan fingerprint density at radius 3 is 2.44 bits per heavy atom. The van der Waals surface area contributed by atoms with Gasteiger partial charge in [0.2, 0.25) is 0 Å². The van der Waals surface area contributed by atoms with Crippen LogP contribution in [0.15, 0.2) is 46.9 Å². The van der Waals surface area contributed by atoms with Gasteiger partial charge in [0.05, 0.1) is 5.56 Å². The molecule has 3 rings (SSSR count). The SMILES string of the molecule is O=C(Nc1cccc(Br)c1)c1ccc(N2CCCC2)c(C(F)(F)F)c1. The fraction of sp³-hybridized carbons (Fsp3) is 0.278. The van der Waals surface area contributed by atoms with Gasteiger partial charge in [-0.25, -0.2) is 0 Å². The van der Waals surface area contributed by atoms with Crippen LogP contribution in [0.25, 0.3) is 0 Å². The number of alkyl halides is 3. The molecule has 0 aliphatic carbocycles. The van der Waals surface area contributed by atoms with Crippen LogP contribution in [0.4, 0.5) is 24.5 Å². The Morgan fingerprint density at radius 2 is 1.80 bits per heavy atom. The third-order valence-corrected chi connectivity index (χ3v) is 4.59. The molecule has 25 heavy (non-hydrogen) atoms. The van der Waals surface area contributed by atoms with Crippen LogP contribution in [0.5, 0.6) is 0 Å². The number of hydrogen-bond acceptors (Lipinski definition) is 2. The molecule has 0 bridgehead atoms. The topological polar surface area (TPSA) is 32.3 Å². The molecule has 1 fully saturated rings. The molecule has 2 aromatic carbocycles. The first-order chi connectivity index (χ1) is 11.8. The number of nitrogens with one attached hydrogen (secondary N) is 1. The third kappa shape index (κ3) is 4.15. The van der Waals surface area contributed by atoms with Gasteiger partial charge in [0, 0.05) is 34.5 Å². The van der Waals surface area contributed by atoms with Crippen molar-refractivity contribution < 1.29 is 18.0 Å². The summed E-state index contributed by atoms with van der Waals surface area (Å²) in [6.07, 6.45) is -2.76. The number of carbonyl (C=O) groups excluding carboxylic acids is 1. The highest BCUT2D eigenvalue weighted by molar-refractivity contribution is 9.10. The Kier molecular flexibility index (Phi) is 5.03. The van der Waals surface area contributed by atoms with E-state index >= 15 is 0 Å². The van der Waals surface area contributed by atoms with Crippen LogP contribution >= 0.6 is 15.9 Å². The van der Waals surface area contributed by atoms with Gasteiger partial charge in [-0.2, -0.15) is 13.2 Å². The third-order valence-electron chi connectivity index (χ3n) is 4.09. The number of benzene rings is 2. The molecule has 1 heterocycles. The Morgan fingerprint density at radius 1 is 1.08 bits per heavy atom. The van der Waals surface area contributed by atoms with Crippen molar-refractivity contribution in [2.45, 2.75) is 19.0 Å². The summed E-state index contributed by atoms with van der Waals surface area (Å²) in [4.78, 5) is 14.1. The van der Waals surface area contributed by atoms with Crippen LogP contribution in [0.1, 0.15) is 28.8 Å². The van der Waals surface area contributed by atoms with Gasteiger partial charge in [-0.3, -0.25) is 4.79 Å². The van der Waals surface area contributed by atoms with E-state index in [-0.39, 0.29) is 11.3 Å². The van der Waals surface area contributed by atoms with Crippen molar-refractivity contribution in [3.8, 4) is 0 Å². The van der Waals surface area contributed by atoms with E-state index in [0.29, 0.717) is 18.8 Å². The molecule has 7 heteroatoms. The second kappa shape index (κ2) is 7.07. The number of anilines is 2. The average molecular weight is 413 g/mol. The normalized spacial score (nSPS) is 14.6. The van der Waals surface area contributed by atoms with Crippen molar-refractivity contribution in [3.63, 3.8) is 0 Å². The average Bonchev–Trinajstić information content (AvgIpc) is 3.08. The minimum absolute atomic E-state index is 0.0183. The first kappa shape index (κ1) is 17.8. The number of halogens is 4. The molecule has 2 aromatic rings. The van der Waals surface area contributed by atoms with Gasteiger partial charge < -0.3 is 10.2 Å². The molecule has 0 saturated carbocycles. The van der Waals surface area contributed by atoms with E-state index in [1.54, 1.807) is 29.2 Å². The van der Waals surface area contributed by atoms with Gasteiger partial charge in [0.1, 0.15) is 0 Å². The molecule has 0 unspecified atom stereocenters. The first-order valence-electron chi connectivity index (χ1n) is 7.88. The van der Waals surface area contributed by atoms with Crippen molar-refractivity contribution in [3.05, 3.63) is 58.1 Å². The minimum atomic E-state index is -4.51. The maximum absolute atomic E-state index is 13.5. The monoisotopic (exact) mass is 412 g/mol. The van der Waals surface area contributed by atoms with Crippen LogP contribution < -0.4 is 10.2 Å². The lowest BCUT2D eigenvalue weighted by Gasteiger charge is -2.23. The maximum Gasteiger partial charge on any atom is 0.418 e. The zero-order valence-corrected chi connectivity index (χ0v) is 14.8. The van der Waals surface area contributed by atoms with Crippen LogP contribution in [0.2, 0.25) is 0 Å². The number of hydrogen-bond donors (Lipinski definition) is 1. The van der Waals surface area contributed by atoms with Gasteiger partial charge in [-0.05, 0) is 49.2 Å². The van der Waals surface area contributed by atoms with Gasteiger partial charge >= 0.3 is 6.18 Å². The van der Waals surface area contributed by atoms with Crippen LogP contribution in [-0.4, -0.2) is 19.0 Å². The van der Waals surface area contributed by atoms with Crippen LogP contribution in [0.3, 0.4) is 0 Å². The Labute approximate surface area is 152 Å². The van der Waals surface area contributed by atoms with Gasteiger partial charge in [0.25, 0.3) is 5.91 Å². The summed E-state index contributed by atoms with van der Waals surface area (Å²) in [6, 6.07) is 10.6. The van der Waals surface area contributed by atoms with Crippen molar-refractivity contribution in [1.29, 1.82) is 0 Å². The molecule has 1 saturated heterocycles. The highest BCUT2D eigenvalue weighted by atomic mass is 79.9. The lowest BCUT2D eigenvalue weighted by Crippen LogP contribution is -2.23. The first-order valence-corrected chi connectivity index (χ1v) is 8.67. The van der Waals surface area contributed by atoms with E-state index in [1.165, 1.54) is 12.1 Å². The predicted molar refractivity (Wildman–Crippen MR) is 95.0 cm³/mol. The smallest absolute Gasteiger partial charge is 0.371 e. The molecular formula is C18H16BrF3N2O. The summed E-state index contributed by atoms with van der Waals surface area (Å²) in [7, 11) is 0. The van der Waals surface area contributed by atoms with Gasteiger partial charge in [0.15, 0.2) is 0 Å². The van der Waals surface area contributed by atoms with E-state index in [2.05, 4.69) is 21.2 Å². The quantitative estimate of drug-likeness (QED) is 0.739. The van der Waals surface area contributed by atoms with Crippen molar-refractivity contribution in [2.24, 2.45) is 0 Å². The Bertz CT molecular complexity index is 786. The zero-order chi connectivity index (χ0) is 18.0. The van der Waals surface area contributed by atoms with Crippen molar-refractivity contribution >= 4 is 33.2 Å². The second-order valence-corrected chi connectivity index (χ2v) is 6.80. The summed E-state index contributed by atoms with van der Waals surface area (Å²) in [5, 5.41) is 2.62. The molecule has 0 atom stereocenters. The van der Waals surface area contributed by atoms with E-state index in [0.717, 1.165) is 23.4 Å². The molecule has 1 N–H and O–H groups in total. The van der Waals surface area contributed by atoms with E-state index in [1.807, 2.05) is 0 Å². The van der Waals surface area contributed by atoms with Crippen molar-refractivity contribution in [1.82, 2.24) is 0 Å². The van der Waals surface area contributed by atoms with Crippen LogP contribution in [-0.2, 0) is 6.18 Å². The number of rotatable bonds is 3. The van der Waals surface area contributed by atoms with E-state index in [4.69, 9.17) is 0 Å². The number of carbonyl (C=O) groups is 1. The van der Waals surface area contributed by atoms with E-state index in [9.17, 15) is 18.0 Å². The summed E-state index contributed by atoms with van der Waals surface area (Å²) < 4.78 is 41.2. The molecule has 0 radical (unpaired) electrons. The van der Waals surface area contributed by atoms with E-state index < -0.39 is 17.6 Å². The molecule has 1 aliphatic heterocycles. The van der Waals surface area contributed by atoms with Crippen molar-refractivity contribution in [2.75, 3.05) is 23.3 Å². The number of amides is 1. The zero-order valence-electron chi connectivity index (χ0n) is 13.2. The molecule has 3 nitrogen and oxygen atoms in total. The fourth-order valence-electron chi connectivity index (χ4n) is 2.91. The minimum Gasteiger partial charge on any atom is -0.371 e. The molecule has 1 aliphatic rings. The summed E-state index contributed by atoms with van der Waals surface area (Å²) in [5.74, 6) is -0.573. The summed E-state index contributed by atoms with van der Waals surface area (Å²) >= 11 is 3.29. The Hall–Kier alpha value is -2.02. The Balaban J connectivity index is 1.90. The van der Waals surface area contributed by atoms with Crippen LogP contribution in [0, 0.1) is 0 Å². The lowest BCUT2D eigenvalue weighted by atomic mass is 10.1. The largest absolute Gasteiger partial charge is 0.418 e. The molecule has 132 valence electrons. The molecular weight excluding hydrogens is 397 g/mol.